The molecular weight excluding hydrogens is 445 g/mol. The first-order valence-corrected chi connectivity index (χ1v) is 8.32. The minimum Gasteiger partial charge on any atom is -0.497 e. The summed E-state index contributed by atoms with van der Waals surface area (Å²) in [4.78, 5) is 0. The van der Waals surface area contributed by atoms with Crippen LogP contribution in [0.1, 0.15) is 17.2 Å². The second-order valence-electron chi connectivity index (χ2n) is 4.50. The standard InChI is InChI=1S/C16H17BrINO2/c1-19-16(13-8-10(17)4-7-14(13)18)12-6-5-11(20-2)9-15(12)21-3/h4-9,16,19H,1-3H3. The van der Waals surface area contributed by atoms with Crippen LogP contribution in [-0.2, 0) is 0 Å². The third kappa shape index (κ3) is 3.70. The maximum absolute atomic E-state index is 5.53. The maximum Gasteiger partial charge on any atom is 0.127 e. The minimum atomic E-state index is 0.0512. The van der Waals surface area contributed by atoms with E-state index in [1.165, 1.54) is 9.13 Å². The summed E-state index contributed by atoms with van der Waals surface area (Å²) < 4.78 is 13.1. The van der Waals surface area contributed by atoms with E-state index in [9.17, 15) is 0 Å². The van der Waals surface area contributed by atoms with E-state index in [1.807, 2.05) is 31.3 Å². The molecule has 0 saturated carbocycles. The number of nitrogens with one attached hydrogen (secondary N) is 1. The molecule has 0 aliphatic heterocycles. The summed E-state index contributed by atoms with van der Waals surface area (Å²) in [7, 11) is 5.28. The second-order valence-corrected chi connectivity index (χ2v) is 6.57. The second kappa shape index (κ2) is 7.47. The van der Waals surface area contributed by atoms with Gasteiger partial charge in [0.25, 0.3) is 0 Å². The monoisotopic (exact) mass is 461 g/mol. The maximum atomic E-state index is 5.53. The lowest BCUT2D eigenvalue weighted by molar-refractivity contribution is 0.388. The number of hydrogen-bond donors (Lipinski definition) is 1. The number of hydrogen-bond acceptors (Lipinski definition) is 3. The van der Waals surface area contributed by atoms with Gasteiger partial charge in [0.1, 0.15) is 11.5 Å². The van der Waals surface area contributed by atoms with Gasteiger partial charge in [0.2, 0.25) is 0 Å². The topological polar surface area (TPSA) is 30.5 Å². The fraction of sp³-hybridized carbons (Fsp3) is 0.250. The van der Waals surface area contributed by atoms with Crippen LogP contribution in [-0.4, -0.2) is 21.3 Å². The summed E-state index contributed by atoms with van der Waals surface area (Å²) in [6.07, 6.45) is 0. The molecule has 0 radical (unpaired) electrons. The van der Waals surface area contributed by atoms with E-state index in [4.69, 9.17) is 9.47 Å². The predicted octanol–water partition coefficient (Wildman–Crippen LogP) is 4.38. The van der Waals surface area contributed by atoms with Crippen LogP contribution in [0.2, 0.25) is 0 Å². The summed E-state index contributed by atoms with van der Waals surface area (Å²) in [5.41, 5.74) is 2.28. The third-order valence-electron chi connectivity index (χ3n) is 3.31. The first-order valence-electron chi connectivity index (χ1n) is 6.44. The van der Waals surface area contributed by atoms with Gasteiger partial charge in [-0.25, -0.2) is 0 Å². The molecule has 0 fully saturated rings. The zero-order valence-electron chi connectivity index (χ0n) is 12.1. The zero-order valence-corrected chi connectivity index (χ0v) is 15.9. The molecule has 0 aliphatic rings. The minimum absolute atomic E-state index is 0.0512. The largest absolute Gasteiger partial charge is 0.497 e. The van der Waals surface area contributed by atoms with Gasteiger partial charge in [-0.15, -0.1) is 0 Å². The Morgan fingerprint density at radius 1 is 1.05 bits per heavy atom. The van der Waals surface area contributed by atoms with Gasteiger partial charge >= 0.3 is 0 Å². The lowest BCUT2D eigenvalue weighted by Crippen LogP contribution is -2.19. The SMILES string of the molecule is CNC(c1cc(Br)ccc1I)c1ccc(OC)cc1OC. The molecule has 2 aromatic carbocycles. The fourth-order valence-electron chi connectivity index (χ4n) is 2.27. The lowest BCUT2D eigenvalue weighted by Gasteiger charge is -2.22. The predicted molar refractivity (Wildman–Crippen MR) is 97.3 cm³/mol. The van der Waals surface area contributed by atoms with Crippen molar-refractivity contribution < 1.29 is 9.47 Å². The van der Waals surface area contributed by atoms with E-state index in [-0.39, 0.29) is 6.04 Å². The zero-order chi connectivity index (χ0) is 15.4. The van der Waals surface area contributed by atoms with Gasteiger partial charge in [0.05, 0.1) is 20.3 Å². The van der Waals surface area contributed by atoms with Crippen LogP contribution in [0.5, 0.6) is 11.5 Å². The number of rotatable bonds is 5. The molecular formula is C16H17BrINO2. The van der Waals surface area contributed by atoms with E-state index in [0.717, 1.165) is 21.5 Å². The first-order chi connectivity index (χ1) is 10.1. The van der Waals surface area contributed by atoms with E-state index < -0.39 is 0 Å². The van der Waals surface area contributed by atoms with Gasteiger partial charge in [0.15, 0.2) is 0 Å². The average Bonchev–Trinajstić information content (AvgIpc) is 2.51. The molecule has 0 heterocycles. The fourth-order valence-corrected chi connectivity index (χ4v) is 3.30. The van der Waals surface area contributed by atoms with Gasteiger partial charge in [0, 0.05) is 19.7 Å². The Bertz CT molecular complexity index is 634. The molecule has 0 aliphatic carbocycles. The van der Waals surface area contributed by atoms with Crippen LogP contribution < -0.4 is 14.8 Å². The van der Waals surface area contributed by atoms with Crippen LogP contribution in [0.3, 0.4) is 0 Å². The highest BCUT2D eigenvalue weighted by Gasteiger charge is 2.19. The number of halogens is 2. The van der Waals surface area contributed by atoms with Gasteiger partial charge in [-0.1, -0.05) is 15.9 Å². The van der Waals surface area contributed by atoms with Crippen LogP contribution in [0.15, 0.2) is 40.9 Å². The Hall–Kier alpha value is -0.790. The molecule has 1 N–H and O–H groups in total. The van der Waals surface area contributed by atoms with Crippen molar-refractivity contribution in [1.29, 1.82) is 0 Å². The van der Waals surface area contributed by atoms with Crippen molar-refractivity contribution >= 4 is 38.5 Å². The number of methoxy groups -OCH3 is 2. The van der Waals surface area contributed by atoms with Gasteiger partial charge in [-0.05, 0) is 65.5 Å². The van der Waals surface area contributed by atoms with E-state index in [0.29, 0.717) is 0 Å². The van der Waals surface area contributed by atoms with Gasteiger partial charge < -0.3 is 14.8 Å². The van der Waals surface area contributed by atoms with Crippen LogP contribution >= 0.6 is 38.5 Å². The molecule has 0 aromatic heterocycles. The molecule has 21 heavy (non-hydrogen) atoms. The van der Waals surface area contributed by atoms with Crippen molar-refractivity contribution in [3.8, 4) is 11.5 Å². The highest BCUT2D eigenvalue weighted by molar-refractivity contribution is 14.1. The van der Waals surface area contributed by atoms with Crippen molar-refractivity contribution in [3.63, 3.8) is 0 Å². The Labute approximate surface area is 147 Å². The van der Waals surface area contributed by atoms with Crippen LogP contribution in [0.4, 0.5) is 0 Å². The summed E-state index contributed by atoms with van der Waals surface area (Å²) in [6, 6.07) is 12.2. The molecule has 0 amide bonds. The molecule has 5 heteroatoms. The van der Waals surface area contributed by atoms with Crippen molar-refractivity contribution in [1.82, 2.24) is 5.32 Å². The third-order valence-corrected chi connectivity index (χ3v) is 4.79. The molecule has 0 saturated heterocycles. The van der Waals surface area contributed by atoms with Gasteiger partial charge in [-0.3, -0.25) is 0 Å². The lowest BCUT2D eigenvalue weighted by atomic mass is 9.98. The number of benzene rings is 2. The summed E-state index contributed by atoms with van der Waals surface area (Å²) in [6.45, 7) is 0. The molecule has 2 aromatic rings. The molecule has 0 spiro atoms. The van der Waals surface area contributed by atoms with E-state index in [1.54, 1.807) is 14.2 Å². The Morgan fingerprint density at radius 2 is 1.81 bits per heavy atom. The number of ether oxygens (including phenoxy) is 2. The van der Waals surface area contributed by atoms with Crippen LogP contribution in [0, 0.1) is 3.57 Å². The summed E-state index contributed by atoms with van der Waals surface area (Å²) in [5.74, 6) is 1.60. The Morgan fingerprint density at radius 3 is 2.43 bits per heavy atom. The average molecular weight is 462 g/mol. The Kier molecular flexibility index (Phi) is 5.89. The molecule has 112 valence electrons. The quantitative estimate of drug-likeness (QED) is 0.670. The first kappa shape index (κ1) is 16.6. The van der Waals surface area contributed by atoms with Crippen molar-refractivity contribution in [2.45, 2.75) is 6.04 Å². The molecule has 2 rings (SSSR count). The normalized spacial score (nSPS) is 12.0. The van der Waals surface area contributed by atoms with Gasteiger partial charge in [-0.2, -0.15) is 0 Å². The highest BCUT2D eigenvalue weighted by Crippen LogP contribution is 2.35. The summed E-state index contributed by atoms with van der Waals surface area (Å²) in [5, 5.41) is 3.37. The van der Waals surface area contributed by atoms with E-state index in [2.05, 4.69) is 56.0 Å². The van der Waals surface area contributed by atoms with Crippen molar-refractivity contribution in [3.05, 3.63) is 55.6 Å². The molecule has 1 atom stereocenters. The Balaban J connectivity index is 2.53. The highest BCUT2D eigenvalue weighted by atomic mass is 127. The smallest absolute Gasteiger partial charge is 0.127 e. The van der Waals surface area contributed by atoms with E-state index >= 15 is 0 Å². The van der Waals surface area contributed by atoms with Crippen molar-refractivity contribution in [2.24, 2.45) is 0 Å². The van der Waals surface area contributed by atoms with Crippen molar-refractivity contribution in [2.75, 3.05) is 21.3 Å². The summed E-state index contributed by atoms with van der Waals surface area (Å²) >= 11 is 5.90. The molecule has 0 bridgehead atoms. The molecule has 3 nitrogen and oxygen atoms in total. The molecule has 1 unspecified atom stereocenters. The van der Waals surface area contributed by atoms with Crippen LogP contribution in [0.25, 0.3) is 0 Å².